The van der Waals surface area contributed by atoms with Crippen molar-refractivity contribution in [1.82, 2.24) is 10.3 Å². The summed E-state index contributed by atoms with van der Waals surface area (Å²) in [5.41, 5.74) is 4.71. The fraction of sp³-hybridized carbons (Fsp3) is 0.571. The number of hydrogen-bond donors (Lipinski definition) is 3. The number of hydrogen-bond acceptors (Lipinski definition) is 7. The predicted octanol–water partition coefficient (Wildman–Crippen LogP) is 8.34. The number of halogens is 1. The summed E-state index contributed by atoms with van der Waals surface area (Å²) < 4.78 is 19.7. The first-order valence-electron chi connectivity index (χ1n) is 19.1. The van der Waals surface area contributed by atoms with Gasteiger partial charge in [0.15, 0.2) is 11.5 Å². The second-order valence-electron chi connectivity index (χ2n) is 16.4. The van der Waals surface area contributed by atoms with Gasteiger partial charge < -0.3 is 30.0 Å². The average Bonchev–Trinajstić information content (AvgIpc) is 3.90. The zero-order chi connectivity index (χ0) is 35.4. The number of aryl methyl sites for hydroxylation is 1. The average molecular weight is 714 g/mol. The standard InChI is InChI=1S/C42H52ClN3O5/c1-26(23-49-35-10-17-45-34-9-4-6-27(2)38(34)35)18-29-19-28-20-36-37(51-25-30(24-50-36)41(44-3)15-16-41)22-33(28)40(29)11-13-42(14-12-40,39(47)48)46-32-8-5-7-31(43)21-32/h5,7-8,10,17,20-22,26-27,29-30,44,46H,4,6,9,11-16,18-19,23-25H2,1-3H3,(H,47,48)/t26-,27-,29?,30?,40?,42?/m1/s1. The summed E-state index contributed by atoms with van der Waals surface area (Å²) in [7, 11) is 2.04. The number of carbonyl (C=O) groups is 1. The molecule has 1 spiro atoms. The third-order valence-corrected chi connectivity index (χ3v) is 13.5. The predicted molar refractivity (Wildman–Crippen MR) is 200 cm³/mol. The second-order valence-corrected chi connectivity index (χ2v) is 16.8. The van der Waals surface area contributed by atoms with Gasteiger partial charge in [-0.2, -0.15) is 0 Å². The van der Waals surface area contributed by atoms with Crippen LogP contribution in [0.4, 0.5) is 5.69 Å². The normalized spacial score (nSPS) is 29.4. The highest BCUT2D eigenvalue weighted by Crippen LogP contribution is 2.58. The first-order chi connectivity index (χ1) is 24.6. The first-order valence-corrected chi connectivity index (χ1v) is 19.5. The third-order valence-electron chi connectivity index (χ3n) is 13.3. The Morgan fingerprint density at radius 2 is 1.84 bits per heavy atom. The maximum absolute atomic E-state index is 13.0. The van der Waals surface area contributed by atoms with E-state index in [1.165, 1.54) is 35.2 Å². The van der Waals surface area contributed by atoms with Gasteiger partial charge in [-0.05, 0) is 148 Å². The van der Waals surface area contributed by atoms with Gasteiger partial charge in [0.1, 0.15) is 11.3 Å². The van der Waals surface area contributed by atoms with Crippen LogP contribution in [0, 0.1) is 17.8 Å². The van der Waals surface area contributed by atoms with Gasteiger partial charge in [-0.15, -0.1) is 0 Å². The van der Waals surface area contributed by atoms with Gasteiger partial charge in [0, 0.05) is 39.6 Å². The Labute approximate surface area is 307 Å². The number of rotatable bonds is 10. The molecule has 0 radical (unpaired) electrons. The highest BCUT2D eigenvalue weighted by Gasteiger charge is 2.55. The summed E-state index contributed by atoms with van der Waals surface area (Å²) >= 11 is 6.31. The molecule has 0 saturated heterocycles. The van der Waals surface area contributed by atoms with Crippen LogP contribution in [0.2, 0.25) is 5.02 Å². The Bertz CT molecular complexity index is 1780. The lowest BCUT2D eigenvalue weighted by molar-refractivity contribution is -0.144. The Kier molecular flexibility index (Phi) is 9.15. The van der Waals surface area contributed by atoms with Crippen LogP contribution in [0.3, 0.4) is 0 Å². The van der Waals surface area contributed by atoms with E-state index in [0.29, 0.717) is 61.4 Å². The lowest BCUT2D eigenvalue weighted by Crippen LogP contribution is -2.53. The van der Waals surface area contributed by atoms with Crippen LogP contribution >= 0.6 is 11.6 Å². The van der Waals surface area contributed by atoms with Crippen LogP contribution in [-0.4, -0.2) is 54.0 Å². The smallest absolute Gasteiger partial charge is 0.329 e. The van der Waals surface area contributed by atoms with Crippen molar-refractivity contribution >= 4 is 23.3 Å². The molecule has 0 bridgehead atoms. The Hall–Kier alpha value is -3.49. The van der Waals surface area contributed by atoms with Crippen molar-refractivity contribution in [2.45, 2.75) is 107 Å². The molecule has 2 aromatic carbocycles. The number of anilines is 1. The number of pyridine rings is 1. The van der Waals surface area contributed by atoms with E-state index in [9.17, 15) is 9.90 Å². The molecule has 2 fully saturated rings. The minimum Gasteiger partial charge on any atom is -0.493 e. The largest absolute Gasteiger partial charge is 0.493 e. The van der Waals surface area contributed by atoms with Crippen LogP contribution in [0.5, 0.6) is 17.2 Å². The lowest BCUT2D eigenvalue weighted by Gasteiger charge is -2.47. The van der Waals surface area contributed by atoms with E-state index < -0.39 is 11.5 Å². The fourth-order valence-corrected chi connectivity index (χ4v) is 10.3. The zero-order valence-electron chi connectivity index (χ0n) is 30.2. The van der Waals surface area contributed by atoms with E-state index >= 15 is 0 Å². The quantitative estimate of drug-likeness (QED) is 0.193. The highest BCUT2D eigenvalue weighted by molar-refractivity contribution is 6.30. The van der Waals surface area contributed by atoms with Gasteiger partial charge in [0.05, 0.1) is 19.8 Å². The summed E-state index contributed by atoms with van der Waals surface area (Å²) in [5, 5.41) is 18.2. The summed E-state index contributed by atoms with van der Waals surface area (Å²) in [4.78, 5) is 17.7. The number of carboxylic acid groups (broad SMARTS) is 1. The molecule has 2 unspecified atom stereocenters. The monoisotopic (exact) mass is 713 g/mol. The van der Waals surface area contributed by atoms with Gasteiger partial charge in [-0.25, -0.2) is 4.79 Å². The molecule has 5 aliphatic rings. The van der Waals surface area contributed by atoms with Crippen LogP contribution in [0.15, 0.2) is 48.7 Å². The van der Waals surface area contributed by atoms with Crippen LogP contribution in [0.1, 0.15) is 99.9 Å². The molecular formula is C42H52ClN3O5. The van der Waals surface area contributed by atoms with Crippen molar-refractivity contribution in [2.75, 3.05) is 32.2 Å². The number of benzene rings is 2. The summed E-state index contributed by atoms with van der Waals surface area (Å²) in [5.74, 6) is 3.24. The van der Waals surface area contributed by atoms with Gasteiger partial charge in [-0.1, -0.05) is 31.5 Å². The van der Waals surface area contributed by atoms with Crippen molar-refractivity contribution in [3.8, 4) is 17.2 Å². The molecule has 0 amide bonds. The molecule has 272 valence electrons. The molecule has 8 nitrogen and oxygen atoms in total. The van der Waals surface area contributed by atoms with Gasteiger partial charge in [-0.3, -0.25) is 4.98 Å². The number of aliphatic carboxylic acids is 1. The molecule has 4 atom stereocenters. The molecule has 2 heterocycles. The van der Waals surface area contributed by atoms with Crippen LogP contribution in [0.25, 0.3) is 0 Å². The topological polar surface area (TPSA) is 102 Å². The minimum atomic E-state index is -1.07. The molecule has 3 aromatic rings. The van der Waals surface area contributed by atoms with E-state index in [2.05, 4.69) is 41.6 Å². The van der Waals surface area contributed by atoms with E-state index in [1.807, 2.05) is 43.6 Å². The number of aromatic nitrogens is 1. The SMILES string of the molecule is CNC1(C2COc3cc4c(cc3OC2)C2(CCC(Nc3cccc(Cl)c3)(C(=O)O)CC2)C(C[C@@H](C)COc2ccnc3c2[C@H](C)CCC3)C4)CC1. The van der Waals surface area contributed by atoms with Crippen LogP contribution in [-0.2, 0) is 23.1 Å². The third kappa shape index (κ3) is 6.34. The lowest BCUT2D eigenvalue weighted by atomic mass is 9.59. The number of fused-ring (bicyclic) bond motifs is 4. The number of nitrogens with one attached hydrogen (secondary N) is 2. The Morgan fingerprint density at radius 1 is 1.08 bits per heavy atom. The molecule has 2 saturated carbocycles. The molecule has 1 aromatic heterocycles. The molecule has 9 heteroatoms. The van der Waals surface area contributed by atoms with E-state index in [-0.39, 0.29) is 11.0 Å². The van der Waals surface area contributed by atoms with Gasteiger partial charge in [0.25, 0.3) is 0 Å². The molecule has 51 heavy (non-hydrogen) atoms. The maximum atomic E-state index is 13.0. The molecular weight excluding hydrogens is 662 g/mol. The van der Waals surface area contributed by atoms with Crippen molar-refractivity contribution < 1.29 is 24.1 Å². The first kappa shape index (κ1) is 34.6. The zero-order valence-corrected chi connectivity index (χ0v) is 31.0. The molecule has 3 N–H and O–H groups in total. The molecule has 8 rings (SSSR count). The minimum absolute atomic E-state index is 0.114. The Morgan fingerprint density at radius 3 is 2.55 bits per heavy atom. The summed E-state index contributed by atoms with van der Waals surface area (Å²) in [6.45, 7) is 6.50. The number of nitrogens with zero attached hydrogens (tertiary/aromatic N) is 1. The highest BCUT2D eigenvalue weighted by atomic mass is 35.5. The number of carboxylic acids is 1. The van der Waals surface area contributed by atoms with Crippen molar-refractivity contribution in [2.24, 2.45) is 17.8 Å². The van der Waals surface area contributed by atoms with Crippen molar-refractivity contribution in [3.05, 3.63) is 76.1 Å². The number of ether oxygens (including phenoxy) is 3. The van der Waals surface area contributed by atoms with Gasteiger partial charge >= 0.3 is 5.97 Å². The van der Waals surface area contributed by atoms with Crippen molar-refractivity contribution in [1.29, 1.82) is 0 Å². The summed E-state index contributed by atoms with van der Waals surface area (Å²) in [6, 6.07) is 13.9. The maximum Gasteiger partial charge on any atom is 0.329 e. The van der Waals surface area contributed by atoms with Gasteiger partial charge in [0.2, 0.25) is 0 Å². The van der Waals surface area contributed by atoms with Crippen molar-refractivity contribution in [3.63, 3.8) is 0 Å². The van der Waals surface area contributed by atoms with E-state index in [4.69, 9.17) is 25.8 Å². The molecule has 1 aliphatic heterocycles. The van der Waals surface area contributed by atoms with E-state index in [0.717, 1.165) is 67.9 Å². The second kappa shape index (κ2) is 13.5. The fourth-order valence-electron chi connectivity index (χ4n) is 10.1. The Balaban J connectivity index is 1.06. The van der Waals surface area contributed by atoms with E-state index in [1.54, 1.807) is 0 Å². The van der Waals surface area contributed by atoms with Crippen LogP contribution < -0.4 is 24.8 Å². The molecule has 4 aliphatic carbocycles. The summed E-state index contributed by atoms with van der Waals surface area (Å²) in [6.07, 6.45) is 12.0.